The topological polar surface area (TPSA) is 56.7 Å². The van der Waals surface area contributed by atoms with Crippen LogP contribution in [0.2, 0.25) is 0 Å². The van der Waals surface area contributed by atoms with E-state index in [1.54, 1.807) is 17.5 Å². The molecule has 0 bridgehead atoms. The summed E-state index contributed by atoms with van der Waals surface area (Å²) in [6.07, 6.45) is 5.62. The maximum Gasteiger partial charge on any atom is 0.122 e. The Kier molecular flexibility index (Phi) is 2.60. The fourth-order valence-electron chi connectivity index (χ4n) is 1.32. The molecular formula is C9H12N4S. The molecule has 5 heteroatoms. The van der Waals surface area contributed by atoms with Crippen molar-refractivity contribution >= 4 is 11.3 Å². The third-order valence-electron chi connectivity index (χ3n) is 1.98. The standard InChI is InChI=1S/C9H12N4S/c1-7-12-5-8(14-7)6-13-3-2-11-9(13)4-10/h2-3,5H,4,6,10H2,1H3. The molecule has 0 aromatic carbocycles. The van der Waals surface area contributed by atoms with Crippen LogP contribution in [0.25, 0.3) is 0 Å². The molecule has 2 aromatic heterocycles. The zero-order valence-electron chi connectivity index (χ0n) is 7.97. The lowest BCUT2D eigenvalue weighted by molar-refractivity contribution is 0.731. The largest absolute Gasteiger partial charge is 0.329 e. The van der Waals surface area contributed by atoms with E-state index < -0.39 is 0 Å². The second-order valence-electron chi connectivity index (χ2n) is 3.02. The van der Waals surface area contributed by atoms with Crippen molar-refractivity contribution in [2.75, 3.05) is 0 Å². The van der Waals surface area contributed by atoms with E-state index in [-0.39, 0.29) is 0 Å². The maximum atomic E-state index is 5.56. The molecule has 0 aliphatic carbocycles. The third kappa shape index (κ3) is 1.83. The Bertz CT molecular complexity index is 418. The van der Waals surface area contributed by atoms with Gasteiger partial charge in [0.1, 0.15) is 5.82 Å². The highest BCUT2D eigenvalue weighted by Gasteiger charge is 2.03. The first kappa shape index (κ1) is 9.36. The van der Waals surface area contributed by atoms with Gasteiger partial charge in [-0.1, -0.05) is 0 Å². The Morgan fingerprint density at radius 1 is 1.50 bits per heavy atom. The minimum atomic E-state index is 0.477. The number of hydrogen-bond donors (Lipinski definition) is 1. The average molecular weight is 208 g/mol. The van der Waals surface area contributed by atoms with E-state index in [2.05, 4.69) is 9.97 Å². The van der Waals surface area contributed by atoms with Gasteiger partial charge in [-0.05, 0) is 6.92 Å². The lowest BCUT2D eigenvalue weighted by atomic mass is 10.5. The molecule has 0 saturated carbocycles. The highest BCUT2D eigenvalue weighted by molar-refractivity contribution is 7.11. The van der Waals surface area contributed by atoms with Gasteiger partial charge in [-0.2, -0.15) is 0 Å². The molecule has 0 aliphatic heterocycles. The highest BCUT2D eigenvalue weighted by atomic mass is 32.1. The summed E-state index contributed by atoms with van der Waals surface area (Å²) in [5.41, 5.74) is 5.56. The summed E-state index contributed by atoms with van der Waals surface area (Å²) in [6, 6.07) is 0. The lowest BCUT2D eigenvalue weighted by Crippen LogP contribution is -2.07. The number of hydrogen-bond acceptors (Lipinski definition) is 4. The summed E-state index contributed by atoms with van der Waals surface area (Å²) in [6.45, 7) is 3.30. The van der Waals surface area contributed by atoms with Crippen LogP contribution in [0.3, 0.4) is 0 Å². The first-order valence-electron chi connectivity index (χ1n) is 4.41. The van der Waals surface area contributed by atoms with Crippen molar-refractivity contribution in [1.82, 2.24) is 14.5 Å². The van der Waals surface area contributed by atoms with Gasteiger partial charge in [-0.25, -0.2) is 9.97 Å². The van der Waals surface area contributed by atoms with Crippen LogP contribution in [-0.4, -0.2) is 14.5 Å². The molecule has 2 rings (SSSR count). The summed E-state index contributed by atoms with van der Waals surface area (Å²) >= 11 is 1.70. The molecule has 0 aliphatic rings. The van der Waals surface area contributed by atoms with Gasteiger partial charge in [0, 0.05) is 23.5 Å². The first-order chi connectivity index (χ1) is 6.79. The molecule has 0 fully saturated rings. The zero-order valence-corrected chi connectivity index (χ0v) is 8.79. The minimum Gasteiger partial charge on any atom is -0.329 e. The van der Waals surface area contributed by atoms with Crippen molar-refractivity contribution in [3.05, 3.63) is 34.3 Å². The molecule has 0 radical (unpaired) electrons. The van der Waals surface area contributed by atoms with Crippen molar-refractivity contribution in [3.8, 4) is 0 Å². The number of aryl methyl sites for hydroxylation is 1. The molecule has 2 N–H and O–H groups in total. The van der Waals surface area contributed by atoms with Crippen molar-refractivity contribution in [3.63, 3.8) is 0 Å². The molecule has 0 spiro atoms. The molecule has 0 unspecified atom stereocenters. The van der Waals surface area contributed by atoms with Crippen molar-refractivity contribution in [1.29, 1.82) is 0 Å². The summed E-state index contributed by atoms with van der Waals surface area (Å²) in [5.74, 6) is 0.913. The predicted molar refractivity (Wildman–Crippen MR) is 56.1 cm³/mol. The van der Waals surface area contributed by atoms with Gasteiger partial charge in [-0.15, -0.1) is 11.3 Å². The highest BCUT2D eigenvalue weighted by Crippen LogP contribution is 2.13. The Hall–Kier alpha value is -1.20. The fourth-order valence-corrected chi connectivity index (χ4v) is 2.11. The van der Waals surface area contributed by atoms with Crippen LogP contribution in [0, 0.1) is 6.92 Å². The molecule has 14 heavy (non-hydrogen) atoms. The first-order valence-corrected chi connectivity index (χ1v) is 5.22. The Morgan fingerprint density at radius 2 is 2.36 bits per heavy atom. The summed E-state index contributed by atoms with van der Waals surface area (Å²) in [5, 5.41) is 1.09. The summed E-state index contributed by atoms with van der Waals surface area (Å²) < 4.78 is 2.05. The normalized spacial score (nSPS) is 10.7. The monoisotopic (exact) mass is 208 g/mol. The number of rotatable bonds is 3. The van der Waals surface area contributed by atoms with E-state index in [0.717, 1.165) is 17.4 Å². The van der Waals surface area contributed by atoms with Crippen LogP contribution in [0.5, 0.6) is 0 Å². The number of nitrogens with zero attached hydrogens (tertiary/aromatic N) is 3. The van der Waals surface area contributed by atoms with E-state index in [1.807, 2.05) is 23.9 Å². The van der Waals surface area contributed by atoms with Crippen LogP contribution in [0.15, 0.2) is 18.6 Å². The molecule has 0 amide bonds. The van der Waals surface area contributed by atoms with E-state index >= 15 is 0 Å². The lowest BCUT2D eigenvalue weighted by Gasteiger charge is -2.02. The van der Waals surface area contributed by atoms with Crippen LogP contribution >= 0.6 is 11.3 Å². The van der Waals surface area contributed by atoms with Gasteiger partial charge in [0.05, 0.1) is 18.1 Å². The predicted octanol–water partition coefficient (Wildman–Crippen LogP) is 1.16. The van der Waals surface area contributed by atoms with E-state index in [4.69, 9.17) is 5.73 Å². The number of imidazole rings is 1. The number of nitrogens with two attached hydrogens (primary N) is 1. The van der Waals surface area contributed by atoms with Gasteiger partial charge >= 0.3 is 0 Å². The second kappa shape index (κ2) is 3.89. The van der Waals surface area contributed by atoms with Crippen LogP contribution in [0.4, 0.5) is 0 Å². The Balaban J connectivity index is 2.18. The minimum absolute atomic E-state index is 0.477. The molecule has 2 aromatic rings. The molecule has 0 atom stereocenters. The van der Waals surface area contributed by atoms with Gasteiger partial charge in [0.25, 0.3) is 0 Å². The maximum absolute atomic E-state index is 5.56. The van der Waals surface area contributed by atoms with Crippen LogP contribution in [0.1, 0.15) is 15.7 Å². The van der Waals surface area contributed by atoms with Crippen LogP contribution in [-0.2, 0) is 13.1 Å². The SMILES string of the molecule is Cc1ncc(Cn2ccnc2CN)s1. The molecule has 74 valence electrons. The Morgan fingerprint density at radius 3 is 3.00 bits per heavy atom. The van der Waals surface area contributed by atoms with Crippen molar-refractivity contribution < 1.29 is 0 Å². The summed E-state index contributed by atoms with van der Waals surface area (Å²) in [4.78, 5) is 9.60. The zero-order chi connectivity index (χ0) is 9.97. The average Bonchev–Trinajstić information content (AvgIpc) is 2.76. The van der Waals surface area contributed by atoms with Gasteiger partial charge in [-0.3, -0.25) is 0 Å². The van der Waals surface area contributed by atoms with E-state index in [0.29, 0.717) is 6.54 Å². The van der Waals surface area contributed by atoms with Crippen molar-refractivity contribution in [2.24, 2.45) is 5.73 Å². The van der Waals surface area contributed by atoms with Gasteiger partial charge in [0.2, 0.25) is 0 Å². The van der Waals surface area contributed by atoms with Gasteiger partial charge in [0.15, 0.2) is 0 Å². The molecule has 2 heterocycles. The Labute approximate surface area is 86.4 Å². The third-order valence-corrected chi connectivity index (χ3v) is 2.88. The quantitative estimate of drug-likeness (QED) is 0.823. The molecule has 4 nitrogen and oxygen atoms in total. The second-order valence-corrected chi connectivity index (χ2v) is 4.34. The van der Waals surface area contributed by atoms with Crippen molar-refractivity contribution in [2.45, 2.75) is 20.0 Å². The smallest absolute Gasteiger partial charge is 0.122 e. The molecule has 0 saturated heterocycles. The van der Waals surface area contributed by atoms with Crippen LogP contribution < -0.4 is 5.73 Å². The van der Waals surface area contributed by atoms with Gasteiger partial charge < -0.3 is 10.3 Å². The fraction of sp³-hybridized carbons (Fsp3) is 0.333. The summed E-state index contributed by atoms with van der Waals surface area (Å²) in [7, 11) is 0. The number of aromatic nitrogens is 3. The van der Waals surface area contributed by atoms with E-state index in [9.17, 15) is 0 Å². The number of thiazole rings is 1. The van der Waals surface area contributed by atoms with E-state index in [1.165, 1.54) is 4.88 Å². The molecular weight excluding hydrogens is 196 g/mol.